The minimum absolute atomic E-state index is 0.857. The first-order valence-corrected chi connectivity index (χ1v) is 9.43. The van der Waals surface area contributed by atoms with Gasteiger partial charge in [0, 0.05) is 11.4 Å². The number of aryl methyl sites for hydroxylation is 2. The molecule has 2 nitrogen and oxygen atoms in total. The van der Waals surface area contributed by atoms with E-state index in [1.165, 1.54) is 75.3 Å². The first-order valence-electron chi connectivity index (χ1n) is 9.43. The van der Waals surface area contributed by atoms with Crippen LogP contribution in [-0.2, 0) is 12.8 Å². The van der Waals surface area contributed by atoms with E-state index in [0.717, 1.165) is 11.4 Å². The van der Waals surface area contributed by atoms with Gasteiger partial charge in [0.05, 0.1) is 0 Å². The maximum absolute atomic E-state index is 5.70. The van der Waals surface area contributed by atoms with Crippen LogP contribution in [0.2, 0.25) is 0 Å². The molecule has 0 saturated carbocycles. The molecule has 4 N–H and O–H groups in total. The van der Waals surface area contributed by atoms with Crippen LogP contribution in [0.4, 0.5) is 11.4 Å². The second-order valence-electron chi connectivity index (χ2n) is 6.81. The normalized spacial score (nSPS) is 10.8. The van der Waals surface area contributed by atoms with Gasteiger partial charge >= 0.3 is 0 Å². The summed E-state index contributed by atoms with van der Waals surface area (Å²) in [6.45, 7) is 0. The van der Waals surface area contributed by atoms with Crippen molar-refractivity contribution >= 4 is 11.4 Å². The van der Waals surface area contributed by atoms with Gasteiger partial charge in [-0.3, -0.25) is 0 Å². The molecule has 0 atom stereocenters. The summed E-state index contributed by atoms with van der Waals surface area (Å²) in [6.07, 6.45) is 13.1. The highest BCUT2D eigenvalue weighted by molar-refractivity contribution is 5.39. The van der Waals surface area contributed by atoms with Gasteiger partial charge in [-0.05, 0) is 61.1 Å². The number of benzene rings is 2. The molecule has 2 rings (SSSR count). The summed E-state index contributed by atoms with van der Waals surface area (Å²) in [4.78, 5) is 0. The molecule has 0 aliphatic rings. The predicted molar refractivity (Wildman–Crippen MR) is 106 cm³/mol. The summed E-state index contributed by atoms with van der Waals surface area (Å²) in [7, 11) is 0. The first-order chi connectivity index (χ1) is 11.7. The number of anilines is 2. The fourth-order valence-electron chi connectivity index (χ4n) is 3.09. The Bertz CT molecular complexity index is 504. The summed E-state index contributed by atoms with van der Waals surface area (Å²) in [6, 6.07) is 16.6. The van der Waals surface area contributed by atoms with E-state index in [-0.39, 0.29) is 0 Å². The van der Waals surface area contributed by atoms with Gasteiger partial charge in [-0.15, -0.1) is 0 Å². The molecule has 0 heterocycles. The Morgan fingerprint density at radius 2 is 0.708 bits per heavy atom. The van der Waals surface area contributed by atoms with Gasteiger partial charge in [0.1, 0.15) is 0 Å². The van der Waals surface area contributed by atoms with E-state index < -0.39 is 0 Å². The van der Waals surface area contributed by atoms with Crippen LogP contribution in [0.1, 0.15) is 62.5 Å². The molecule has 0 bridgehead atoms. The fourth-order valence-corrected chi connectivity index (χ4v) is 3.09. The molecule has 0 unspecified atom stereocenters. The summed E-state index contributed by atoms with van der Waals surface area (Å²) in [5.74, 6) is 0. The van der Waals surface area contributed by atoms with Crippen molar-refractivity contribution in [3.05, 3.63) is 59.7 Å². The number of unbranched alkanes of at least 4 members (excludes halogenated alkanes) is 7. The van der Waals surface area contributed by atoms with Crippen LogP contribution >= 0.6 is 0 Å². The SMILES string of the molecule is Nc1ccc(CCCCCCCCCCc2ccc(N)cc2)cc1. The smallest absolute Gasteiger partial charge is 0.0314 e. The highest BCUT2D eigenvalue weighted by atomic mass is 14.5. The van der Waals surface area contributed by atoms with Crippen LogP contribution in [0.25, 0.3) is 0 Å². The van der Waals surface area contributed by atoms with Crippen molar-refractivity contribution in [1.29, 1.82) is 0 Å². The van der Waals surface area contributed by atoms with E-state index in [0.29, 0.717) is 0 Å². The zero-order valence-corrected chi connectivity index (χ0v) is 14.8. The predicted octanol–water partition coefficient (Wildman–Crippen LogP) is 5.76. The van der Waals surface area contributed by atoms with Gasteiger partial charge in [0.25, 0.3) is 0 Å². The highest BCUT2D eigenvalue weighted by Crippen LogP contribution is 2.14. The molecule has 0 radical (unpaired) electrons. The summed E-state index contributed by atoms with van der Waals surface area (Å²) >= 11 is 0. The third kappa shape index (κ3) is 7.54. The Balaban J connectivity index is 1.40. The van der Waals surface area contributed by atoms with Gasteiger partial charge in [-0.25, -0.2) is 0 Å². The largest absolute Gasteiger partial charge is 0.399 e. The van der Waals surface area contributed by atoms with E-state index in [1.54, 1.807) is 0 Å². The summed E-state index contributed by atoms with van der Waals surface area (Å²) in [5.41, 5.74) is 15.9. The number of rotatable bonds is 11. The number of hydrogen-bond donors (Lipinski definition) is 2. The van der Waals surface area contributed by atoms with E-state index >= 15 is 0 Å². The summed E-state index contributed by atoms with van der Waals surface area (Å²) < 4.78 is 0. The van der Waals surface area contributed by atoms with Crippen LogP contribution in [0, 0.1) is 0 Å². The first kappa shape index (κ1) is 18.4. The lowest BCUT2D eigenvalue weighted by Crippen LogP contribution is -1.89. The second-order valence-corrected chi connectivity index (χ2v) is 6.81. The lowest BCUT2D eigenvalue weighted by Gasteiger charge is -2.04. The Kier molecular flexibility index (Phi) is 8.23. The van der Waals surface area contributed by atoms with Crippen molar-refractivity contribution in [2.24, 2.45) is 0 Å². The van der Waals surface area contributed by atoms with Crippen LogP contribution in [-0.4, -0.2) is 0 Å². The Morgan fingerprint density at radius 3 is 1.04 bits per heavy atom. The van der Waals surface area contributed by atoms with Gasteiger partial charge < -0.3 is 11.5 Å². The van der Waals surface area contributed by atoms with E-state index in [2.05, 4.69) is 24.3 Å². The average molecular weight is 325 g/mol. The Hall–Kier alpha value is -1.96. The quantitative estimate of drug-likeness (QED) is 0.408. The molecular weight excluding hydrogens is 292 g/mol. The lowest BCUT2D eigenvalue weighted by atomic mass is 10.0. The van der Waals surface area contributed by atoms with Crippen LogP contribution < -0.4 is 11.5 Å². The lowest BCUT2D eigenvalue weighted by molar-refractivity contribution is 0.567. The van der Waals surface area contributed by atoms with Crippen molar-refractivity contribution in [2.75, 3.05) is 11.5 Å². The van der Waals surface area contributed by atoms with Crippen LogP contribution in [0.3, 0.4) is 0 Å². The molecule has 2 heteroatoms. The third-order valence-corrected chi connectivity index (χ3v) is 4.64. The van der Waals surface area contributed by atoms with Crippen molar-refractivity contribution in [1.82, 2.24) is 0 Å². The summed E-state index contributed by atoms with van der Waals surface area (Å²) in [5, 5.41) is 0. The Morgan fingerprint density at radius 1 is 0.417 bits per heavy atom. The molecule has 0 saturated heterocycles. The molecule has 0 aliphatic heterocycles. The minimum atomic E-state index is 0.857. The second kappa shape index (κ2) is 10.7. The van der Waals surface area contributed by atoms with Crippen molar-refractivity contribution in [2.45, 2.75) is 64.2 Å². The van der Waals surface area contributed by atoms with Crippen LogP contribution in [0.5, 0.6) is 0 Å². The molecule has 0 fully saturated rings. The van der Waals surface area contributed by atoms with Gasteiger partial charge in [0.15, 0.2) is 0 Å². The molecule has 2 aromatic carbocycles. The van der Waals surface area contributed by atoms with E-state index in [9.17, 15) is 0 Å². The molecule has 0 spiro atoms. The van der Waals surface area contributed by atoms with Gasteiger partial charge in [-0.1, -0.05) is 62.8 Å². The van der Waals surface area contributed by atoms with Gasteiger partial charge in [0.2, 0.25) is 0 Å². The zero-order chi connectivity index (χ0) is 17.0. The molecule has 130 valence electrons. The average Bonchev–Trinajstić information content (AvgIpc) is 2.60. The van der Waals surface area contributed by atoms with Crippen molar-refractivity contribution in [3.8, 4) is 0 Å². The fraction of sp³-hybridized carbons (Fsp3) is 0.455. The highest BCUT2D eigenvalue weighted by Gasteiger charge is 1.96. The molecule has 0 aliphatic carbocycles. The standard InChI is InChI=1S/C22H32N2/c23-21-15-11-19(12-16-21)9-7-5-3-1-2-4-6-8-10-20-13-17-22(24)18-14-20/h11-18H,1-10,23-24H2. The number of nitrogen functional groups attached to an aromatic ring is 2. The molecule has 24 heavy (non-hydrogen) atoms. The topological polar surface area (TPSA) is 52.0 Å². The maximum atomic E-state index is 5.70. The minimum Gasteiger partial charge on any atom is -0.399 e. The number of hydrogen-bond acceptors (Lipinski definition) is 2. The maximum Gasteiger partial charge on any atom is 0.0314 e. The van der Waals surface area contributed by atoms with E-state index in [4.69, 9.17) is 11.5 Å². The molecule has 0 aromatic heterocycles. The molecule has 0 amide bonds. The molecule has 2 aromatic rings. The third-order valence-electron chi connectivity index (χ3n) is 4.64. The number of nitrogens with two attached hydrogens (primary N) is 2. The van der Waals surface area contributed by atoms with Gasteiger partial charge in [-0.2, -0.15) is 0 Å². The van der Waals surface area contributed by atoms with E-state index in [1.807, 2.05) is 24.3 Å². The molecular formula is C22H32N2. The monoisotopic (exact) mass is 324 g/mol. The van der Waals surface area contributed by atoms with Crippen molar-refractivity contribution in [3.63, 3.8) is 0 Å². The Labute approximate surface area is 147 Å². The van der Waals surface area contributed by atoms with Crippen molar-refractivity contribution < 1.29 is 0 Å². The van der Waals surface area contributed by atoms with Crippen LogP contribution in [0.15, 0.2) is 48.5 Å². The zero-order valence-electron chi connectivity index (χ0n) is 14.8.